The summed E-state index contributed by atoms with van der Waals surface area (Å²) in [6, 6.07) is 0. The van der Waals surface area contributed by atoms with Crippen molar-refractivity contribution in [2.75, 3.05) is 25.2 Å². The first kappa shape index (κ1) is 31.7. The number of hydrogen-bond acceptors (Lipinski definition) is 18. The van der Waals surface area contributed by atoms with Crippen LogP contribution in [0.3, 0.4) is 0 Å². The molecule has 3 saturated heterocycles. The van der Waals surface area contributed by atoms with Gasteiger partial charge in [-0.2, -0.15) is 4.98 Å². The van der Waals surface area contributed by atoms with E-state index >= 15 is 0 Å². The number of hydrogen-bond donors (Lipinski definition) is 6. The summed E-state index contributed by atoms with van der Waals surface area (Å²) in [6.07, 6.45) is -7.03. The first-order valence-electron chi connectivity index (χ1n) is 13.3. The highest BCUT2D eigenvalue weighted by atomic mass is 32.2. The summed E-state index contributed by atoms with van der Waals surface area (Å²) in [5.41, 5.74) is 5.33. The number of phosphoric ester groups is 2. The quantitative estimate of drug-likeness (QED) is 0.0828. The predicted molar refractivity (Wildman–Crippen MR) is 151 cm³/mol. The van der Waals surface area contributed by atoms with E-state index in [0.717, 1.165) is 10.9 Å². The van der Waals surface area contributed by atoms with Crippen LogP contribution in [-0.4, -0.2) is 115 Å². The van der Waals surface area contributed by atoms with Crippen LogP contribution in [0.25, 0.3) is 22.3 Å². The van der Waals surface area contributed by atoms with Gasteiger partial charge in [0.25, 0.3) is 5.56 Å². The highest BCUT2D eigenvalue weighted by Gasteiger charge is 2.54. The van der Waals surface area contributed by atoms with Crippen molar-refractivity contribution in [1.82, 2.24) is 39.0 Å². The maximum absolute atomic E-state index is 13.2. The molecule has 4 aromatic heterocycles. The summed E-state index contributed by atoms with van der Waals surface area (Å²) in [5, 5.41) is 22.8. The van der Waals surface area contributed by atoms with Gasteiger partial charge in [0.1, 0.15) is 53.5 Å². The minimum absolute atomic E-state index is 0.122. The van der Waals surface area contributed by atoms with Crippen LogP contribution in [0.15, 0.2) is 28.8 Å². The molecule has 0 radical (unpaired) electrons. The van der Waals surface area contributed by atoms with Crippen LogP contribution in [0.2, 0.25) is 0 Å². The lowest BCUT2D eigenvalue weighted by molar-refractivity contribution is -0.0672. The first-order valence-corrected chi connectivity index (χ1v) is 17.5. The SMILES string of the molecule is CSc1ncnc2c1ncn2[C@@H]1O[C@@H]2COP(=O)(O)O[C@@H]3[C@H](O)[C@@H](COP(=O)(O)O[C@H]2[C@H]1O)O[C@H]3n1cnc2c(=O)[nH]c(N)nc21. The molecular formula is C21H25N9O13P2S. The zero-order valence-electron chi connectivity index (χ0n) is 23.2. The number of aromatic amines is 1. The molecule has 46 heavy (non-hydrogen) atoms. The molecule has 22 nitrogen and oxygen atoms in total. The fourth-order valence-corrected chi connectivity index (χ4v) is 7.79. The Balaban J connectivity index is 1.20. The lowest BCUT2D eigenvalue weighted by Crippen LogP contribution is -2.36. The molecule has 0 aliphatic carbocycles. The van der Waals surface area contributed by atoms with Gasteiger partial charge in [-0.25, -0.2) is 29.1 Å². The third-order valence-electron chi connectivity index (χ3n) is 7.45. The van der Waals surface area contributed by atoms with Gasteiger partial charge >= 0.3 is 15.6 Å². The smallest absolute Gasteiger partial charge is 0.387 e. The Bertz CT molecular complexity index is 1960. The van der Waals surface area contributed by atoms with Crippen molar-refractivity contribution in [2.45, 2.75) is 54.1 Å². The van der Waals surface area contributed by atoms with Crippen molar-refractivity contribution in [3.8, 4) is 0 Å². The predicted octanol–water partition coefficient (Wildman–Crippen LogP) is -1.20. The average molecular weight is 705 g/mol. The molecule has 3 aliphatic rings. The van der Waals surface area contributed by atoms with E-state index < -0.39 is 83.5 Å². The van der Waals surface area contributed by atoms with Gasteiger partial charge in [-0.1, -0.05) is 0 Å². The maximum Gasteiger partial charge on any atom is 0.472 e. The Morgan fingerprint density at radius 2 is 1.52 bits per heavy atom. The summed E-state index contributed by atoms with van der Waals surface area (Å²) >= 11 is 1.31. The van der Waals surface area contributed by atoms with E-state index in [-0.39, 0.29) is 22.8 Å². The Hall–Kier alpha value is -2.89. The molecule has 7 rings (SSSR count). The van der Waals surface area contributed by atoms with Gasteiger partial charge in [0.05, 0.1) is 25.9 Å². The minimum Gasteiger partial charge on any atom is -0.387 e. The summed E-state index contributed by atoms with van der Waals surface area (Å²) < 4.78 is 61.4. The zero-order chi connectivity index (χ0) is 32.5. The van der Waals surface area contributed by atoms with Crippen LogP contribution in [0.5, 0.6) is 0 Å². The molecule has 2 unspecified atom stereocenters. The van der Waals surface area contributed by atoms with Crippen LogP contribution in [-0.2, 0) is 36.7 Å². The number of fused-ring (bicyclic) bond motifs is 5. The number of anilines is 1. The van der Waals surface area contributed by atoms with Gasteiger partial charge in [-0.15, -0.1) is 11.8 Å². The van der Waals surface area contributed by atoms with Gasteiger partial charge in [0.2, 0.25) is 5.95 Å². The number of imidazole rings is 2. The molecule has 10 atom stereocenters. The number of ether oxygens (including phenoxy) is 2. The highest BCUT2D eigenvalue weighted by molar-refractivity contribution is 7.98. The van der Waals surface area contributed by atoms with Gasteiger partial charge < -0.3 is 35.2 Å². The molecule has 0 spiro atoms. The summed E-state index contributed by atoms with van der Waals surface area (Å²) in [6.45, 7) is -1.62. The number of nitrogens with two attached hydrogens (primary N) is 1. The number of nitrogens with one attached hydrogen (secondary N) is 1. The van der Waals surface area contributed by atoms with Gasteiger partial charge in [0, 0.05) is 0 Å². The molecule has 0 aromatic carbocycles. The van der Waals surface area contributed by atoms with E-state index in [2.05, 4.69) is 29.9 Å². The number of aromatic nitrogens is 8. The normalized spacial score (nSPS) is 37.2. The van der Waals surface area contributed by atoms with E-state index in [0.29, 0.717) is 10.5 Å². The largest absolute Gasteiger partial charge is 0.472 e. The van der Waals surface area contributed by atoms with Crippen LogP contribution in [0.4, 0.5) is 5.95 Å². The van der Waals surface area contributed by atoms with Crippen molar-refractivity contribution in [2.24, 2.45) is 0 Å². The molecule has 4 aromatic rings. The second-order valence-corrected chi connectivity index (χ2v) is 13.9. The van der Waals surface area contributed by atoms with Crippen molar-refractivity contribution < 1.29 is 56.7 Å². The van der Waals surface area contributed by atoms with E-state index in [1.165, 1.54) is 29.0 Å². The summed E-state index contributed by atoms with van der Waals surface area (Å²) in [5.74, 6) is -0.278. The number of aliphatic hydroxyl groups is 2. The van der Waals surface area contributed by atoms with Gasteiger partial charge in [0.15, 0.2) is 29.3 Å². The zero-order valence-corrected chi connectivity index (χ0v) is 25.8. The summed E-state index contributed by atoms with van der Waals surface area (Å²) in [4.78, 5) is 56.5. The molecule has 0 amide bonds. The van der Waals surface area contributed by atoms with E-state index in [1.54, 1.807) is 6.26 Å². The van der Waals surface area contributed by atoms with Gasteiger partial charge in [-0.3, -0.25) is 37.0 Å². The van der Waals surface area contributed by atoms with Crippen molar-refractivity contribution in [3.63, 3.8) is 0 Å². The molecular weight excluding hydrogens is 680 g/mol. The summed E-state index contributed by atoms with van der Waals surface area (Å²) in [7, 11) is -10.2. The van der Waals surface area contributed by atoms with E-state index in [1.807, 2.05) is 0 Å². The molecule has 248 valence electrons. The van der Waals surface area contributed by atoms with Crippen molar-refractivity contribution >= 4 is 55.7 Å². The number of nitrogen functional groups attached to an aromatic ring is 1. The first-order chi connectivity index (χ1) is 21.9. The molecule has 7 N–H and O–H groups in total. The standard InChI is InChI=1S/C21H25N9O13P2S/c1-46-18-10-15(23-4-24-18)29(6-26-10)19-12(32)13-8(41-19)3-39-45(36,37)43-14-11(31)7(2-38-44(34,35)42-13)40-20(14)30-5-25-9-16(30)27-21(22)28-17(9)33/h4-8,11-14,19-20,31-32H,2-3H2,1H3,(H,34,35)(H,36,37)(H3,22,27,28,33)/t7-,8-,11-,12-,13-,14-,19-,20-/m1/s1. The molecule has 7 heterocycles. The number of thioether (sulfide) groups is 1. The number of nitrogens with zero attached hydrogens (tertiary/aromatic N) is 7. The molecule has 3 aliphatic heterocycles. The fourth-order valence-electron chi connectivity index (χ4n) is 5.41. The number of rotatable bonds is 3. The second kappa shape index (κ2) is 11.7. The Morgan fingerprint density at radius 3 is 2.24 bits per heavy atom. The van der Waals surface area contributed by atoms with Crippen LogP contribution < -0.4 is 11.3 Å². The Kier molecular flexibility index (Phi) is 8.04. The third-order valence-corrected chi connectivity index (χ3v) is 10.1. The van der Waals surface area contributed by atoms with Gasteiger partial charge in [-0.05, 0) is 6.26 Å². The average Bonchev–Trinajstić information content (AvgIpc) is 3.76. The number of phosphoric acid groups is 2. The minimum atomic E-state index is -5.10. The number of aliphatic hydroxyl groups excluding tert-OH is 2. The highest BCUT2D eigenvalue weighted by Crippen LogP contribution is 2.53. The van der Waals surface area contributed by atoms with Crippen LogP contribution >= 0.6 is 27.4 Å². The maximum atomic E-state index is 13.2. The second-order valence-electron chi connectivity index (χ2n) is 10.3. The monoisotopic (exact) mass is 705 g/mol. The van der Waals surface area contributed by atoms with Crippen molar-refractivity contribution in [3.05, 3.63) is 29.3 Å². The lowest BCUT2D eigenvalue weighted by Gasteiger charge is -2.25. The molecule has 0 saturated carbocycles. The fraction of sp³-hybridized carbons (Fsp3) is 0.524. The van der Waals surface area contributed by atoms with Crippen LogP contribution in [0.1, 0.15) is 12.5 Å². The number of H-pyrrole nitrogens is 1. The third kappa shape index (κ3) is 5.56. The lowest BCUT2D eigenvalue weighted by atomic mass is 10.1. The Morgan fingerprint density at radius 1 is 0.891 bits per heavy atom. The Labute approximate surface area is 260 Å². The molecule has 3 fully saturated rings. The molecule has 2 bridgehead atoms. The molecule has 25 heteroatoms. The van der Waals surface area contributed by atoms with E-state index in [4.69, 9.17) is 33.3 Å². The van der Waals surface area contributed by atoms with E-state index in [9.17, 15) is 33.9 Å². The topological polar surface area (TPSA) is 304 Å². The van der Waals surface area contributed by atoms with Crippen molar-refractivity contribution in [1.29, 1.82) is 0 Å². The van der Waals surface area contributed by atoms with Crippen LogP contribution in [0, 0.1) is 0 Å².